The van der Waals surface area contributed by atoms with Crippen LogP contribution in [0.1, 0.15) is 11.3 Å². The van der Waals surface area contributed by atoms with Gasteiger partial charge in [0, 0.05) is 36.6 Å². The van der Waals surface area contributed by atoms with Gasteiger partial charge < -0.3 is 9.88 Å². The zero-order valence-electron chi connectivity index (χ0n) is 11.3. The van der Waals surface area contributed by atoms with Gasteiger partial charge in [-0.3, -0.25) is 4.68 Å². The summed E-state index contributed by atoms with van der Waals surface area (Å²) < 4.78 is 4.20. The number of nitrogens with zero attached hydrogens (tertiary/aromatic N) is 3. The molecule has 0 saturated heterocycles. The van der Waals surface area contributed by atoms with E-state index in [0.29, 0.717) is 0 Å². The summed E-state index contributed by atoms with van der Waals surface area (Å²) in [4.78, 5) is 0. The first-order valence-electron chi connectivity index (χ1n) is 6.47. The molecular formula is C15H18N4. The predicted octanol–water partition coefficient (Wildman–Crippen LogP) is 2.14. The monoisotopic (exact) mass is 254 g/mol. The van der Waals surface area contributed by atoms with Crippen LogP contribution in [0.4, 0.5) is 0 Å². The Bertz CT molecular complexity index is 693. The van der Waals surface area contributed by atoms with Crippen LogP contribution < -0.4 is 5.32 Å². The highest BCUT2D eigenvalue weighted by atomic mass is 15.2. The summed E-state index contributed by atoms with van der Waals surface area (Å²) in [5.74, 6) is 0. The fourth-order valence-corrected chi connectivity index (χ4v) is 2.52. The second kappa shape index (κ2) is 4.90. The number of nitrogens with one attached hydrogen (secondary N) is 1. The summed E-state index contributed by atoms with van der Waals surface area (Å²) in [6, 6.07) is 10.8. The molecule has 0 aliphatic carbocycles. The van der Waals surface area contributed by atoms with Crippen molar-refractivity contribution in [3.05, 3.63) is 54.0 Å². The lowest BCUT2D eigenvalue weighted by Gasteiger charge is -2.09. The number of rotatable bonds is 4. The standard InChI is InChI=1S/C15H18N4/c1-16-9-14-7-13-5-3-4-6-15(13)19(14)11-12-8-17-18(2)10-12/h3-8,10,16H,9,11H2,1-2H3. The van der Waals surface area contributed by atoms with E-state index in [9.17, 15) is 0 Å². The molecule has 0 unspecified atom stereocenters. The number of hydrogen-bond acceptors (Lipinski definition) is 2. The summed E-state index contributed by atoms with van der Waals surface area (Å²) in [5, 5.41) is 8.76. The van der Waals surface area contributed by atoms with E-state index in [-0.39, 0.29) is 0 Å². The maximum Gasteiger partial charge on any atom is 0.0539 e. The molecule has 0 amide bonds. The zero-order valence-corrected chi connectivity index (χ0v) is 11.3. The number of aromatic nitrogens is 3. The molecule has 0 saturated carbocycles. The first-order valence-corrected chi connectivity index (χ1v) is 6.47. The Morgan fingerprint density at radius 1 is 1.26 bits per heavy atom. The molecule has 2 heterocycles. The molecule has 0 atom stereocenters. The predicted molar refractivity (Wildman–Crippen MR) is 77.0 cm³/mol. The van der Waals surface area contributed by atoms with Gasteiger partial charge in [0.1, 0.15) is 0 Å². The highest BCUT2D eigenvalue weighted by molar-refractivity contribution is 5.81. The number of benzene rings is 1. The number of aryl methyl sites for hydroxylation is 1. The molecule has 19 heavy (non-hydrogen) atoms. The fraction of sp³-hybridized carbons (Fsp3) is 0.267. The van der Waals surface area contributed by atoms with E-state index < -0.39 is 0 Å². The molecule has 0 spiro atoms. The van der Waals surface area contributed by atoms with Gasteiger partial charge >= 0.3 is 0 Å². The van der Waals surface area contributed by atoms with Crippen LogP contribution in [0, 0.1) is 0 Å². The van der Waals surface area contributed by atoms with Crippen molar-refractivity contribution in [3.63, 3.8) is 0 Å². The maximum absolute atomic E-state index is 4.24. The van der Waals surface area contributed by atoms with E-state index in [2.05, 4.69) is 51.5 Å². The first kappa shape index (κ1) is 12.0. The third-order valence-corrected chi connectivity index (χ3v) is 3.35. The number of hydrogen-bond donors (Lipinski definition) is 1. The Kier molecular flexibility index (Phi) is 3.09. The van der Waals surface area contributed by atoms with Crippen LogP contribution in [-0.4, -0.2) is 21.4 Å². The molecule has 4 nitrogen and oxygen atoms in total. The van der Waals surface area contributed by atoms with E-state index in [1.165, 1.54) is 22.2 Å². The summed E-state index contributed by atoms with van der Waals surface area (Å²) in [5.41, 5.74) is 3.80. The van der Waals surface area contributed by atoms with Gasteiger partial charge in [-0.1, -0.05) is 18.2 Å². The van der Waals surface area contributed by atoms with Crippen LogP contribution in [0.15, 0.2) is 42.7 Å². The summed E-state index contributed by atoms with van der Waals surface area (Å²) in [7, 11) is 3.93. The Morgan fingerprint density at radius 2 is 2.11 bits per heavy atom. The van der Waals surface area contributed by atoms with Gasteiger partial charge in [0.2, 0.25) is 0 Å². The minimum Gasteiger partial charge on any atom is -0.339 e. The van der Waals surface area contributed by atoms with Gasteiger partial charge in [0.25, 0.3) is 0 Å². The topological polar surface area (TPSA) is 34.8 Å². The van der Waals surface area contributed by atoms with Crippen molar-refractivity contribution >= 4 is 10.9 Å². The van der Waals surface area contributed by atoms with Crippen molar-refractivity contribution in [2.45, 2.75) is 13.1 Å². The minimum atomic E-state index is 0.859. The third-order valence-electron chi connectivity index (χ3n) is 3.35. The molecule has 0 bridgehead atoms. The van der Waals surface area contributed by atoms with E-state index in [0.717, 1.165) is 13.1 Å². The van der Waals surface area contributed by atoms with Crippen LogP contribution in [-0.2, 0) is 20.1 Å². The van der Waals surface area contributed by atoms with E-state index in [1.54, 1.807) is 0 Å². The lowest BCUT2D eigenvalue weighted by Crippen LogP contribution is -2.11. The molecule has 0 radical (unpaired) electrons. The smallest absolute Gasteiger partial charge is 0.0539 e. The lowest BCUT2D eigenvalue weighted by atomic mass is 10.2. The zero-order chi connectivity index (χ0) is 13.2. The molecule has 4 heteroatoms. The Hall–Kier alpha value is -2.07. The molecule has 1 N–H and O–H groups in total. The Labute approximate surface area is 112 Å². The van der Waals surface area contributed by atoms with Gasteiger partial charge in [0.15, 0.2) is 0 Å². The molecule has 3 aromatic rings. The van der Waals surface area contributed by atoms with Crippen LogP contribution >= 0.6 is 0 Å². The van der Waals surface area contributed by atoms with Gasteiger partial charge in [-0.2, -0.15) is 5.10 Å². The van der Waals surface area contributed by atoms with Gasteiger partial charge in [-0.25, -0.2) is 0 Å². The van der Waals surface area contributed by atoms with Crippen molar-refractivity contribution in [2.24, 2.45) is 7.05 Å². The van der Waals surface area contributed by atoms with Gasteiger partial charge in [-0.15, -0.1) is 0 Å². The summed E-state index contributed by atoms with van der Waals surface area (Å²) in [6.45, 7) is 1.73. The highest BCUT2D eigenvalue weighted by Crippen LogP contribution is 2.21. The summed E-state index contributed by atoms with van der Waals surface area (Å²) >= 11 is 0. The average Bonchev–Trinajstić information content (AvgIpc) is 2.96. The second-order valence-electron chi connectivity index (χ2n) is 4.83. The Balaban J connectivity index is 2.06. The second-order valence-corrected chi connectivity index (χ2v) is 4.83. The van der Waals surface area contributed by atoms with Crippen LogP contribution in [0.25, 0.3) is 10.9 Å². The lowest BCUT2D eigenvalue weighted by molar-refractivity contribution is 0.708. The van der Waals surface area contributed by atoms with Gasteiger partial charge in [0.05, 0.1) is 12.7 Å². The molecule has 98 valence electrons. The Morgan fingerprint density at radius 3 is 2.84 bits per heavy atom. The van der Waals surface area contributed by atoms with Gasteiger partial charge in [-0.05, 0) is 24.6 Å². The first-order chi connectivity index (χ1) is 9.28. The van der Waals surface area contributed by atoms with Crippen molar-refractivity contribution in [3.8, 4) is 0 Å². The van der Waals surface area contributed by atoms with Crippen molar-refractivity contribution in [1.82, 2.24) is 19.7 Å². The van der Waals surface area contributed by atoms with E-state index in [1.807, 2.05) is 25.0 Å². The highest BCUT2D eigenvalue weighted by Gasteiger charge is 2.09. The van der Waals surface area contributed by atoms with Crippen LogP contribution in [0.5, 0.6) is 0 Å². The number of para-hydroxylation sites is 1. The minimum absolute atomic E-state index is 0.859. The fourth-order valence-electron chi connectivity index (χ4n) is 2.52. The molecule has 0 aliphatic heterocycles. The van der Waals surface area contributed by atoms with Crippen molar-refractivity contribution in [2.75, 3.05) is 7.05 Å². The number of fused-ring (bicyclic) bond motifs is 1. The molecule has 0 aliphatic rings. The van der Waals surface area contributed by atoms with E-state index >= 15 is 0 Å². The molecule has 2 aromatic heterocycles. The van der Waals surface area contributed by atoms with Crippen LogP contribution in [0.2, 0.25) is 0 Å². The maximum atomic E-state index is 4.24. The van der Waals surface area contributed by atoms with Crippen molar-refractivity contribution < 1.29 is 0 Å². The quantitative estimate of drug-likeness (QED) is 0.774. The van der Waals surface area contributed by atoms with Crippen LogP contribution in [0.3, 0.4) is 0 Å². The SMILES string of the molecule is CNCc1cc2ccccc2n1Cc1cnn(C)c1. The largest absolute Gasteiger partial charge is 0.339 e. The van der Waals surface area contributed by atoms with E-state index in [4.69, 9.17) is 0 Å². The molecular weight excluding hydrogens is 236 g/mol. The molecule has 3 rings (SSSR count). The average molecular weight is 254 g/mol. The summed E-state index contributed by atoms with van der Waals surface area (Å²) in [6.07, 6.45) is 4.00. The third kappa shape index (κ3) is 2.27. The normalized spacial score (nSPS) is 11.3. The van der Waals surface area contributed by atoms with Crippen molar-refractivity contribution in [1.29, 1.82) is 0 Å². The molecule has 0 fully saturated rings. The molecule has 1 aromatic carbocycles.